The Hall–Kier alpha value is -1.88. The Kier molecular flexibility index (Phi) is 6.37. The monoisotopic (exact) mass is 385 g/mol. The first-order chi connectivity index (χ1) is 11.5. The summed E-state index contributed by atoms with van der Waals surface area (Å²) in [5, 5.41) is 3.99. The van der Waals surface area contributed by atoms with Crippen LogP contribution in [0, 0.1) is 0 Å². The molecule has 4 nitrogen and oxygen atoms in total. The predicted octanol–water partition coefficient (Wildman–Crippen LogP) is 5.32. The molecule has 0 saturated carbocycles. The van der Waals surface area contributed by atoms with Crippen molar-refractivity contribution in [2.45, 2.75) is 0 Å². The lowest BCUT2D eigenvalue weighted by molar-refractivity contribution is -0.111. The molecule has 0 aliphatic carbocycles. The molecule has 0 radical (unpaired) electrons. The molecule has 126 valence electrons. The van der Waals surface area contributed by atoms with E-state index in [1.54, 1.807) is 36.4 Å². The highest BCUT2D eigenvalue weighted by Crippen LogP contribution is 2.36. The van der Waals surface area contributed by atoms with Crippen LogP contribution in [0.2, 0.25) is 15.1 Å². The van der Waals surface area contributed by atoms with Gasteiger partial charge in [0.15, 0.2) is 0 Å². The molecule has 0 aromatic heterocycles. The van der Waals surface area contributed by atoms with Gasteiger partial charge < -0.3 is 14.8 Å². The second kappa shape index (κ2) is 8.29. The van der Waals surface area contributed by atoms with Gasteiger partial charge in [-0.2, -0.15) is 0 Å². The van der Waals surface area contributed by atoms with E-state index >= 15 is 0 Å². The van der Waals surface area contributed by atoms with Gasteiger partial charge in [-0.15, -0.1) is 0 Å². The van der Waals surface area contributed by atoms with Crippen molar-refractivity contribution in [3.63, 3.8) is 0 Å². The number of benzene rings is 2. The summed E-state index contributed by atoms with van der Waals surface area (Å²) in [6.07, 6.45) is 2.87. The molecule has 0 aliphatic rings. The lowest BCUT2D eigenvalue weighted by Gasteiger charge is -2.12. The van der Waals surface area contributed by atoms with E-state index in [0.29, 0.717) is 37.8 Å². The first-order valence-corrected chi connectivity index (χ1v) is 7.94. The second-order valence-electron chi connectivity index (χ2n) is 4.64. The van der Waals surface area contributed by atoms with Crippen LogP contribution < -0.4 is 14.8 Å². The number of rotatable bonds is 5. The Labute approximate surface area is 154 Å². The maximum atomic E-state index is 12.1. The van der Waals surface area contributed by atoms with Crippen LogP contribution in [0.5, 0.6) is 11.5 Å². The van der Waals surface area contributed by atoms with Crippen LogP contribution in [0.3, 0.4) is 0 Å². The van der Waals surface area contributed by atoms with E-state index in [-0.39, 0.29) is 5.91 Å². The number of methoxy groups -OCH3 is 2. The highest BCUT2D eigenvalue weighted by Gasteiger charge is 2.11. The van der Waals surface area contributed by atoms with Gasteiger partial charge in [-0.25, -0.2) is 0 Å². The van der Waals surface area contributed by atoms with Crippen LogP contribution in [0.25, 0.3) is 6.08 Å². The van der Waals surface area contributed by atoms with Crippen molar-refractivity contribution in [2.75, 3.05) is 19.5 Å². The number of hydrogen-bond donors (Lipinski definition) is 1. The van der Waals surface area contributed by atoms with E-state index in [1.165, 1.54) is 20.3 Å². The first-order valence-electron chi connectivity index (χ1n) is 6.81. The van der Waals surface area contributed by atoms with Crippen LogP contribution in [-0.2, 0) is 4.79 Å². The zero-order valence-corrected chi connectivity index (χ0v) is 15.2. The molecule has 0 saturated heterocycles. The molecule has 24 heavy (non-hydrogen) atoms. The molecule has 2 rings (SSSR count). The average molecular weight is 387 g/mol. The first kappa shape index (κ1) is 18.5. The molecule has 0 fully saturated rings. The number of carbonyl (C=O) groups is 1. The fraction of sp³-hybridized carbons (Fsp3) is 0.118. The van der Waals surface area contributed by atoms with Gasteiger partial charge in [-0.3, -0.25) is 4.79 Å². The van der Waals surface area contributed by atoms with Gasteiger partial charge in [0.05, 0.1) is 24.9 Å². The summed E-state index contributed by atoms with van der Waals surface area (Å²) < 4.78 is 10.3. The van der Waals surface area contributed by atoms with E-state index in [0.717, 1.165) is 0 Å². The summed E-state index contributed by atoms with van der Waals surface area (Å²) >= 11 is 18.2. The van der Waals surface area contributed by atoms with Crippen molar-refractivity contribution in [3.05, 3.63) is 57.0 Å². The lowest BCUT2D eigenvalue weighted by Crippen LogP contribution is -2.09. The zero-order valence-electron chi connectivity index (χ0n) is 12.9. The number of nitrogens with one attached hydrogen (secondary N) is 1. The van der Waals surface area contributed by atoms with Gasteiger partial charge >= 0.3 is 0 Å². The predicted molar refractivity (Wildman–Crippen MR) is 98.7 cm³/mol. The summed E-state index contributed by atoms with van der Waals surface area (Å²) in [5.41, 5.74) is 0.996. The Bertz CT molecular complexity index is 771. The topological polar surface area (TPSA) is 47.6 Å². The standard InChI is InChI=1S/C17H14Cl3NO3/c1-23-15-9-14(16(24-2)8-13(15)20)21-17(22)7-6-10-11(18)4-3-5-12(10)19/h3-9H,1-2H3,(H,21,22). The summed E-state index contributed by atoms with van der Waals surface area (Å²) in [4.78, 5) is 12.1. The zero-order chi connectivity index (χ0) is 17.7. The smallest absolute Gasteiger partial charge is 0.248 e. The van der Waals surface area contributed by atoms with E-state index in [1.807, 2.05) is 0 Å². The van der Waals surface area contributed by atoms with Crippen LogP contribution in [-0.4, -0.2) is 20.1 Å². The van der Waals surface area contributed by atoms with Gasteiger partial charge in [0.25, 0.3) is 0 Å². The number of hydrogen-bond acceptors (Lipinski definition) is 3. The van der Waals surface area contributed by atoms with E-state index < -0.39 is 0 Å². The fourth-order valence-electron chi connectivity index (χ4n) is 1.96. The molecule has 0 bridgehead atoms. The molecule has 1 amide bonds. The molecular formula is C17H14Cl3NO3. The van der Waals surface area contributed by atoms with Crippen molar-refractivity contribution >= 4 is 52.5 Å². The highest BCUT2D eigenvalue weighted by atomic mass is 35.5. The van der Waals surface area contributed by atoms with Crippen LogP contribution in [0.4, 0.5) is 5.69 Å². The largest absolute Gasteiger partial charge is 0.495 e. The Morgan fingerprint density at radius 3 is 2.21 bits per heavy atom. The van der Waals surface area contributed by atoms with Crippen LogP contribution in [0.15, 0.2) is 36.4 Å². The van der Waals surface area contributed by atoms with E-state index in [9.17, 15) is 4.79 Å². The molecule has 0 atom stereocenters. The fourth-order valence-corrected chi connectivity index (χ4v) is 2.72. The van der Waals surface area contributed by atoms with Crippen LogP contribution >= 0.6 is 34.8 Å². The van der Waals surface area contributed by atoms with Crippen molar-refractivity contribution < 1.29 is 14.3 Å². The molecule has 1 N–H and O–H groups in total. The summed E-state index contributed by atoms with van der Waals surface area (Å²) in [7, 11) is 2.96. The average Bonchev–Trinajstić information content (AvgIpc) is 2.55. The Morgan fingerprint density at radius 1 is 1.00 bits per heavy atom. The maximum absolute atomic E-state index is 12.1. The van der Waals surface area contributed by atoms with E-state index in [4.69, 9.17) is 44.3 Å². The van der Waals surface area contributed by atoms with Crippen LogP contribution in [0.1, 0.15) is 5.56 Å². The molecular weight excluding hydrogens is 373 g/mol. The quantitative estimate of drug-likeness (QED) is 0.708. The number of carbonyl (C=O) groups excluding carboxylic acids is 1. The van der Waals surface area contributed by atoms with Crippen molar-refractivity contribution in [1.29, 1.82) is 0 Å². The molecule has 7 heteroatoms. The summed E-state index contributed by atoms with van der Waals surface area (Å²) in [6, 6.07) is 8.25. The third kappa shape index (κ3) is 4.35. The minimum absolute atomic E-state index is 0.380. The highest BCUT2D eigenvalue weighted by molar-refractivity contribution is 6.37. The second-order valence-corrected chi connectivity index (χ2v) is 5.87. The van der Waals surface area contributed by atoms with Crippen molar-refractivity contribution in [1.82, 2.24) is 0 Å². The molecule has 2 aromatic carbocycles. The van der Waals surface area contributed by atoms with Gasteiger partial charge in [0.2, 0.25) is 5.91 Å². The lowest BCUT2D eigenvalue weighted by atomic mass is 10.2. The minimum Gasteiger partial charge on any atom is -0.495 e. The van der Waals surface area contributed by atoms with Crippen molar-refractivity contribution in [3.8, 4) is 11.5 Å². The molecule has 0 spiro atoms. The molecule has 0 unspecified atom stereocenters. The maximum Gasteiger partial charge on any atom is 0.248 e. The number of anilines is 1. The number of halogens is 3. The molecule has 2 aromatic rings. The van der Waals surface area contributed by atoms with Gasteiger partial charge in [-0.1, -0.05) is 40.9 Å². The normalized spacial score (nSPS) is 10.7. The molecule has 0 aliphatic heterocycles. The van der Waals surface area contributed by atoms with Gasteiger partial charge in [0, 0.05) is 33.8 Å². The Morgan fingerprint density at radius 2 is 1.62 bits per heavy atom. The van der Waals surface area contributed by atoms with E-state index in [2.05, 4.69) is 5.32 Å². The third-order valence-corrected chi connectivity index (χ3v) is 4.09. The number of amides is 1. The SMILES string of the molecule is COc1cc(NC(=O)C=Cc2c(Cl)cccc2Cl)c(OC)cc1Cl. The third-order valence-electron chi connectivity index (χ3n) is 3.13. The molecule has 0 heterocycles. The Balaban J connectivity index is 2.22. The summed E-state index contributed by atoms with van der Waals surface area (Å²) in [5.74, 6) is 0.456. The minimum atomic E-state index is -0.381. The van der Waals surface area contributed by atoms with Crippen molar-refractivity contribution in [2.24, 2.45) is 0 Å². The summed E-state index contributed by atoms with van der Waals surface area (Å²) in [6.45, 7) is 0. The van der Waals surface area contributed by atoms with Gasteiger partial charge in [-0.05, 0) is 18.2 Å². The number of ether oxygens (including phenoxy) is 2. The van der Waals surface area contributed by atoms with Gasteiger partial charge in [0.1, 0.15) is 11.5 Å².